The molecular weight excluding hydrogens is 743 g/mol. The van der Waals surface area contributed by atoms with Gasteiger partial charge in [0.15, 0.2) is 0 Å². The molecule has 7 N–H and O–H groups in total. The van der Waals surface area contributed by atoms with Gasteiger partial charge in [-0.3, -0.25) is 19.2 Å². The van der Waals surface area contributed by atoms with Crippen LogP contribution in [0.4, 0.5) is 0 Å². The number of aromatic hydroxyl groups is 2. The number of hydrogen-bond donors (Lipinski definition) is 7. The molecule has 0 bridgehead atoms. The first-order chi connectivity index (χ1) is 27.9. The lowest BCUT2D eigenvalue weighted by Gasteiger charge is -2.24. The van der Waals surface area contributed by atoms with Gasteiger partial charge in [0.2, 0.25) is 17.7 Å². The van der Waals surface area contributed by atoms with Gasteiger partial charge in [0.25, 0.3) is 0 Å². The summed E-state index contributed by atoms with van der Waals surface area (Å²) < 4.78 is 5.74. The van der Waals surface area contributed by atoms with E-state index in [2.05, 4.69) is 22.9 Å². The molecule has 0 saturated carbocycles. The van der Waals surface area contributed by atoms with Gasteiger partial charge in [-0.15, -0.1) is 0 Å². The van der Waals surface area contributed by atoms with Crippen LogP contribution in [0.25, 0.3) is 0 Å². The van der Waals surface area contributed by atoms with Crippen molar-refractivity contribution in [3.8, 4) is 23.0 Å². The predicted octanol–water partition coefficient (Wildman–Crippen LogP) is 7.56. The molecule has 3 atom stereocenters. The Labute approximate surface area is 341 Å². The highest BCUT2D eigenvalue weighted by molar-refractivity contribution is 5.93. The van der Waals surface area contributed by atoms with Gasteiger partial charge in [0, 0.05) is 25.7 Å². The molecule has 0 fully saturated rings. The fourth-order valence-electron chi connectivity index (χ4n) is 6.51. The number of carboxylic acids is 2. The van der Waals surface area contributed by atoms with E-state index in [0.717, 1.165) is 19.3 Å². The highest BCUT2D eigenvalue weighted by atomic mass is 16.5. The van der Waals surface area contributed by atoms with Crippen molar-refractivity contribution in [1.29, 1.82) is 0 Å². The maximum atomic E-state index is 13.7. The molecule has 0 aliphatic heterocycles. The summed E-state index contributed by atoms with van der Waals surface area (Å²) in [6.45, 7) is 2.22. The lowest BCUT2D eigenvalue weighted by atomic mass is 10.0. The van der Waals surface area contributed by atoms with E-state index in [-0.39, 0.29) is 43.1 Å². The Kier molecular flexibility index (Phi) is 21.3. The molecule has 0 aromatic heterocycles. The van der Waals surface area contributed by atoms with E-state index in [4.69, 9.17) is 4.74 Å². The van der Waals surface area contributed by atoms with Crippen LogP contribution < -0.4 is 20.7 Å². The molecular formula is C45H61N3O10. The minimum atomic E-state index is -1.42. The number of benzene rings is 3. The molecule has 13 heteroatoms. The highest BCUT2D eigenvalue weighted by Gasteiger charge is 2.30. The molecule has 0 radical (unpaired) electrons. The number of hydrogen-bond acceptors (Lipinski definition) is 8. The van der Waals surface area contributed by atoms with Crippen molar-refractivity contribution in [1.82, 2.24) is 16.0 Å². The molecule has 0 saturated heterocycles. The molecule has 0 aliphatic rings. The maximum Gasteiger partial charge on any atom is 0.326 e. The molecule has 316 valence electrons. The second kappa shape index (κ2) is 26.4. The van der Waals surface area contributed by atoms with E-state index >= 15 is 0 Å². The first kappa shape index (κ1) is 46.8. The van der Waals surface area contributed by atoms with Gasteiger partial charge in [0.1, 0.15) is 41.1 Å². The Balaban J connectivity index is 1.58. The number of ether oxygens (including phenoxy) is 1. The quantitative estimate of drug-likeness (QED) is 0.0342. The van der Waals surface area contributed by atoms with Gasteiger partial charge >= 0.3 is 11.9 Å². The van der Waals surface area contributed by atoms with Crippen LogP contribution in [0.3, 0.4) is 0 Å². The van der Waals surface area contributed by atoms with Crippen molar-refractivity contribution >= 4 is 29.7 Å². The molecule has 3 aromatic carbocycles. The molecule has 0 heterocycles. The Hall–Kier alpha value is -5.59. The van der Waals surface area contributed by atoms with Crippen molar-refractivity contribution in [2.45, 2.75) is 141 Å². The monoisotopic (exact) mass is 803 g/mol. The number of carbonyl (C=O) groups excluding carboxylic acids is 3. The molecule has 0 aliphatic carbocycles. The predicted molar refractivity (Wildman–Crippen MR) is 221 cm³/mol. The van der Waals surface area contributed by atoms with Gasteiger partial charge in [0.05, 0.1) is 0 Å². The van der Waals surface area contributed by atoms with Gasteiger partial charge < -0.3 is 41.1 Å². The number of unbranched alkanes of at least 4 members (excludes halogenated alkanes) is 12. The lowest BCUT2D eigenvalue weighted by Crippen LogP contribution is -2.56. The third-order valence-corrected chi connectivity index (χ3v) is 9.87. The van der Waals surface area contributed by atoms with Gasteiger partial charge in [-0.1, -0.05) is 108 Å². The number of carboxylic acid groups (broad SMARTS) is 2. The van der Waals surface area contributed by atoms with Crippen LogP contribution >= 0.6 is 0 Å². The summed E-state index contributed by atoms with van der Waals surface area (Å²) in [7, 11) is 0. The molecule has 3 rings (SSSR count). The fraction of sp³-hybridized carbons (Fsp3) is 0.489. The number of carbonyl (C=O) groups is 5. The first-order valence-electron chi connectivity index (χ1n) is 20.6. The second-order valence-electron chi connectivity index (χ2n) is 14.8. The number of rotatable bonds is 29. The Morgan fingerprint density at radius 1 is 0.517 bits per heavy atom. The fourth-order valence-corrected chi connectivity index (χ4v) is 6.51. The summed E-state index contributed by atoms with van der Waals surface area (Å²) in [6, 6.07) is 14.8. The number of aliphatic carboxylic acids is 2. The molecule has 3 aromatic rings. The highest BCUT2D eigenvalue weighted by Crippen LogP contribution is 2.24. The minimum absolute atomic E-state index is 0.0212. The van der Waals surface area contributed by atoms with Crippen molar-refractivity contribution in [2.24, 2.45) is 0 Å². The number of phenols is 2. The number of nitrogens with one attached hydrogen (secondary N) is 3. The Morgan fingerprint density at radius 2 is 0.931 bits per heavy atom. The van der Waals surface area contributed by atoms with Gasteiger partial charge in [-0.2, -0.15) is 0 Å². The van der Waals surface area contributed by atoms with E-state index in [0.29, 0.717) is 29.0 Å². The van der Waals surface area contributed by atoms with Gasteiger partial charge in [-0.05, 0) is 72.5 Å². The molecule has 0 spiro atoms. The standard InChI is InChI=1S/C45H61N3O10/c1-2-3-4-5-6-7-8-9-10-11-12-13-14-15-41(51)46-39(30-32-16-20-34(49)21-17-32)44(55)47-38(28-29-42(52)53)43(54)48-40(45(56)57)31-33-18-24-36(25-19-33)58-37-26-22-35(50)23-27-37/h16-27,38-40,49-50H,2-15,28-31H2,1H3,(H,46,51)(H,47,55)(H,48,54)(H,52,53)(H,56,57)/t38-,39-,40-/m0/s1. The van der Waals surface area contributed by atoms with Crippen molar-refractivity contribution in [3.05, 3.63) is 83.9 Å². The van der Waals surface area contributed by atoms with Crippen molar-refractivity contribution in [3.63, 3.8) is 0 Å². The normalized spacial score (nSPS) is 12.5. The Morgan fingerprint density at radius 3 is 1.43 bits per heavy atom. The van der Waals surface area contributed by atoms with Crippen LogP contribution in [-0.4, -0.2) is 68.2 Å². The zero-order valence-electron chi connectivity index (χ0n) is 33.6. The number of amides is 3. The molecule has 13 nitrogen and oxygen atoms in total. The summed E-state index contributed by atoms with van der Waals surface area (Å²) in [6.07, 6.45) is 14.4. The van der Waals surface area contributed by atoms with Crippen LogP contribution in [0.15, 0.2) is 72.8 Å². The average molecular weight is 804 g/mol. The largest absolute Gasteiger partial charge is 0.508 e. The molecule has 0 unspecified atom stereocenters. The summed E-state index contributed by atoms with van der Waals surface area (Å²) in [5.74, 6) is -3.49. The van der Waals surface area contributed by atoms with Crippen LogP contribution in [-0.2, 0) is 36.8 Å². The van der Waals surface area contributed by atoms with E-state index in [1.165, 1.54) is 82.1 Å². The first-order valence-corrected chi connectivity index (χ1v) is 20.6. The lowest BCUT2D eigenvalue weighted by molar-refractivity contribution is -0.143. The van der Waals surface area contributed by atoms with E-state index in [1.807, 2.05) is 0 Å². The zero-order valence-corrected chi connectivity index (χ0v) is 33.6. The summed E-state index contributed by atoms with van der Waals surface area (Å²) >= 11 is 0. The minimum Gasteiger partial charge on any atom is -0.508 e. The van der Waals surface area contributed by atoms with Crippen LogP contribution in [0.2, 0.25) is 0 Å². The van der Waals surface area contributed by atoms with Crippen LogP contribution in [0.1, 0.15) is 121 Å². The third-order valence-electron chi connectivity index (χ3n) is 9.87. The van der Waals surface area contributed by atoms with Gasteiger partial charge in [-0.25, -0.2) is 4.79 Å². The number of phenolic OH excluding ortho intramolecular Hbond substituents is 2. The molecule has 3 amide bonds. The van der Waals surface area contributed by atoms with Crippen LogP contribution in [0, 0.1) is 0 Å². The average Bonchev–Trinajstić information content (AvgIpc) is 3.19. The van der Waals surface area contributed by atoms with Crippen LogP contribution in [0.5, 0.6) is 23.0 Å². The summed E-state index contributed by atoms with van der Waals surface area (Å²) in [5.41, 5.74) is 1.17. The van der Waals surface area contributed by atoms with E-state index < -0.39 is 48.3 Å². The molecule has 58 heavy (non-hydrogen) atoms. The maximum absolute atomic E-state index is 13.7. The van der Waals surface area contributed by atoms with Crippen molar-refractivity contribution in [2.75, 3.05) is 0 Å². The SMILES string of the molecule is CCCCCCCCCCCCCCCC(=O)N[C@@H](Cc1ccc(O)cc1)C(=O)N[C@@H](CCC(=O)O)C(=O)N[C@@H](Cc1ccc(Oc2ccc(O)cc2)cc1)C(=O)O. The van der Waals surface area contributed by atoms with E-state index in [1.54, 1.807) is 48.5 Å². The second-order valence-corrected chi connectivity index (χ2v) is 14.8. The smallest absolute Gasteiger partial charge is 0.326 e. The zero-order chi connectivity index (χ0) is 42.1. The van der Waals surface area contributed by atoms with E-state index in [9.17, 15) is 44.4 Å². The summed E-state index contributed by atoms with van der Waals surface area (Å²) in [4.78, 5) is 64.2. The van der Waals surface area contributed by atoms with Crippen molar-refractivity contribution < 1.29 is 49.1 Å². The Bertz CT molecular complexity index is 1700. The summed E-state index contributed by atoms with van der Waals surface area (Å²) in [5, 5.41) is 46.4. The topological polar surface area (TPSA) is 212 Å². The third kappa shape index (κ3) is 19.0.